The number of nitrogens with zero attached hydrogens (tertiary/aromatic N) is 4. The molecule has 45 heavy (non-hydrogen) atoms. The number of amides is 2. The van der Waals surface area contributed by atoms with Gasteiger partial charge in [0.05, 0.1) is 40.6 Å². The van der Waals surface area contributed by atoms with E-state index in [4.69, 9.17) is 9.84 Å². The van der Waals surface area contributed by atoms with Crippen LogP contribution >= 0.6 is 0 Å². The Balaban J connectivity index is 1.56. The molecule has 9 nitrogen and oxygen atoms in total. The fourth-order valence-corrected chi connectivity index (χ4v) is 7.39. The number of hydrogen-bond acceptors (Lipinski definition) is 7. The summed E-state index contributed by atoms with van der Waals surface area (Å²) in [6.45, 7) is 3.90. The van der Waals surface area contributed by atoms with Gasteiger partial charge in [0.25, 0.3) is 11.8 Å². The summed E-state index contributed by atoms with van der Waals surface area (Å²) in [5.74, 6) is -1.21. The molecule has 2 aliphatic heterocycles. The summed E-state index contributed by atoms with van der Waals surface area (Å²) in [5.41, 5.74) is 3.29. The van der Waals surface area contributed by atoms with Crippen LogP contribution in [0.5, 0.6) is 5.75 Å². The van der Waals surface area contributed by atoms with Gasteiger partial charge in [-0.1, -0.05) is 48.5 Å². The molecule has 3 heterocycles. The molecule has 1 fully saturated rings. The normalized spacial score (nSPS) is 18.9. The van der Waals surface area contributed by atoms with Crippen molar-refractivity contribution in [2.75, 3.05) is 11.5 Å². The van der Waals surface area contributed by atoms with Crippen LogP contribution in [0, 0.1) is 11.3 Å². The lowest BCUT2D eigenvalue weighted by atomic mass is 9.86. The minimum Gasteiger partial charge on any atom is -0.491 e. The first-order chi connectivity index (χ1) is 21.6. The first-order valence-corrected chi connectivity index (χ1v) is 16.4. The highest BCUT2D eigenvalue weighted by Gasteiger charge is 2.45. The van der Waals surface area contributed by atoms with Crippen LogP contribution in [0.3, 0.4) is 0 Å². The molecule has 0 N–H and O–H groups in total. The van der Waals surface area contributed by atoms with E-state index in [9.17, 15) is 23.3 Å². The Hall–Kier alpha value is -5.27. The molecule has 2 aliphatic rings. The van der Waals surface area contributed by atoms with Crippen molar-refractivity contribution in [3.63, 3.8) is 0 Å². The van der Waals surface area contributed by atoms with Crippen molar-refractivity contribution in [2.24, 2.45) is 0 Å². The monoisotopic (exact) mass is 618 g/mol. The van der Waals surface area contributed by atoms with Crippen LogP contribution in [-0.4, -0.2) is 58.6 Å². The average Bonchev–Trinajstić information content (AvgIpc) is 3.62. The highest BCUT2D eigenvalue weighted by atomic mass is 32.2. The van der Waals surface area contributed by atoms with Crippen LogP contribution in [-0.2, 0) is 19.4 Å². The largest absolute Gasteiger partial charge is 0.491 e. The Morgan fingerprint density at radius 1 is 0.933 bits per heavy atom. The molecule has 1 atom stereocenters. The predicted octanol–water partition coefficient (Wildman–Crippen LogP) is 5.24. The van der Waals surface area contributed by atoms with Gasteiger partial charge in [-0.15, -0.1) is 0 Å². The molecule has 1 saturated heterocycles. The molecule has 3 aromatic carbocycles. The lowest BCUT2D eigenvalue weighted by Crippen LogP contribution is -2.49. The van der Waals surface area contributed by atoms with E-state index < -0.39 is 27.7 Å². The number of benzene rings is 3. The molecule has 0 radical (unpaired) electrons. The zero-order valence-electron chi connectivity index (χ0n) is 24.8. The van der Waals surface area contributed by atoms with Crippen molar-refractivity contribution >= 4 is 33.3 Å². The fraction of sp³-hybridized carbons (Fsp3) is 0.200. The van der Waals surface area contributed by atoms with Crippen molar-refractivity contribution in [3.8, 4) is 28.8 Å². The van der Waals surface area contributed by atoms with Crippen LogP contribution in [0.25, 0.3) is 28.6 Å². The molecular formula is C35H30N4O5S. The van der Waals surface area contributed by atoms with Crippen LogP contribution in [0.4, 0.5) is 0 Å². The number of imide groups is 1. The van der Waals surface area contributed by atoms with Gasteiger partial charge in [0.2, 0.25) is 0 Å². The third-order valence-electron chi connectivity index (χ3n) is 7.71. The zero-order valence-corrected chi connectivity index (χ0v) is 25.6. The Labute approximate surface area is 261 Å². The van der Waals surface area contributed by atoms with Gasteiger partial charge in [-0.2, -0.15) is 10.4 Å². The summed E-state index contributed by atoms with van der Waals surface area (Å²) in [6.07, 6.45) is 3.56. The Morgan fingerprint density at radius 3 is 2.20 bits per heavy atom. The maximum Gasteiger partial charge on any atom is 0.272 e. The minimum absolute atomic E-state index is 0.00350. The van der Waals surface area contributed by atoms with Crippen LogP contribution in [0.1, 0.15) is 31.4 Å². The second kappa shape index (κ2) is 12.0. The van der Waals surface area contributed by atoms with Crippen molar-refractivity contribution in [1.82, 2.24) is 14.7 Å². The SMILES string of the molecule is CC(C)Oc1ccc(-c2nn(-c3ccccc3)cc2/C=C2\C(=O)N(C3CCS(=O)(=O)C3)C(=O)C(C#N)=C2c2ccccc2)cc1. The first-order valence-electron chi connectivity index (χ1n) is 14.6. The number of sulfone groups is 1. The molecule has 6 rings (SSSR count). The third-order valence-corrected chi connectivity index (χ3v) is 9.46. The smallest absolute Gasteiger partial charge is 0.272 e. The van der Waals surface area contributed by atoms with Crippen LogP contribution < -0.4 is 4.74 Å². The topological polar surface area (TPSA) is 122 Å². The van der Waals surface area contributed by atoms with Gasteiger partial charge >= 0.3 is 0 Å². The van der Waals surface area contributed by atoms with E-state index in [2.05, 4.69) is 0 Å². The van der Waals surface area contributed by atoms with E-state index in [1.165, 1.54) is 0 Å². The number of carbonyl (C=O) groups is 2. The molecule has 0 spiro atoms. The summed E-state index contributed by atoms with van der Waals surface area (Å²) >= 11 is 0. The van der Waals surface area contributed by atoms with Gasteiger partial charge in [0.15, 0.2) is 9.84 Å². The number of ether oxygens (including phenoxy) is 1. The summed E-state index contributed by atoms with van der Waals surface area (Å²) in [5, 5.41) is 15.1. The van der Waals surface area contributed by atoms with Crippen LogP contribution in [0.15, 0.2) is 102 Å². The van der Waals surface area contributed by atoms with Gasteiger partial charge in [0.1, 0.15) is 17.4 Å². The molecule has 0 bridgehead atoms. The Kier molecular flexibility index (Phi) is 7.96. The molecule has 10 heteroatoms. The van der Waals surface area contributed by atoms with Gasteiger partial charge in [0, 0.05) is 22.9 Å². The van der Waals surface area contributed by atoms with Gasteiger partial charge in [-0.3, -0.25) is 14.5 Å². The predicted molar refractivity (Wildman–Crippen MR) is 171 cm³/mol. The standard InChI is InChI=1S/C35H30N4O5S/c1-23(2)44-29-15-13-25(14-16-29)33-26(21-38(37-33)27-11-7-4-8-12-27)19-30-32(24-9-5-3-6-10-24)31(20-36)35(41)39(34(30)40)28-17-18-45(42,43)22-28/h3-16,19,21,23,28H,17-18,22H2,1-2H3/b30-19-. The van der Waals surface area contributed by atoms with Gasteiger partial charge in [-0.05, 0) is 68.3 Å². The second-order valence-electron chi connectivity index (χ2n) is 11.2. The minimum atomic E-state index is -3.43. The molecule has 1 aromatic heterocycles. The molecule has 4 aromatic rings. The number of carbonyl (C=O) groups excluding carboxylic acids is 2. The van der Waals surface area contributed by atoms with E-state index in [1.54, 1.807) is 47.3 Å². The number of nitriles is 1. The molecular weight excluding hydrogens is 588 g/mol. The molecule has 1 unspecified atom stereocenters. The quantitative estimate of drug-likeness (QED) is 0.205. The molecule has 2 amide bonds. The van der Waals surface area contributed by atoms with Crippen molar-refractivity contribution < 1.29 is 22.7 Å². The lowest BCUT2D eigenvalue weighted by Gasteiger charge is -2.32. The number of aromatic nitrogens is 2. The lowest BCUT2D eigenvalue weighted by molar-refractivity contribution is -0.142. The van der Waals surface area contributed by atoms with E-state index in [0.717, 1.165) is 16.2 Å². The summed E-state index contributed by atoms with van der Waals surface area (Å²) < 4.78 is 32.3. The van der Waals surface area contributed by atoms with E-state index >= 15 is 0 Å². The van der Waals surface area contributed by atoms with E-state index in [0.29, 0.717) is 22.6 Å². The van der Waals surface area contributed by atoms with Crippen molar-refractivity contribution in [2.45, 2.75) is 32.4 Å². The highest BCUT2D eigenvalue weighted by molar-refractivity contribution is 7.91. The van der Waals surface area contributed by atoms with Crippen molar-refractivity contribution in [1.29, 1.82) is 5.26 Å². The highest BCUT2D eigenvalue weighted by Crippen LogP contribution is 2.38. The van der Waals surface area contributed by atoms with Gasteiger partial charge < -0.3 is 4.74 Å². The maximum atomic E-state index is 14.3. The van der Waals surface area contributed by atoms with Gasteiger partial charge in [-0.25, -0.2) is 13.1 Å². The Bertz CT molecular complexity index is 1990. The molecule has 0 saturated carbocycles. The van der Waals surface area contributed by atoms with Crippen molar-refractivity contribution in [3.05, 3.63) is 113 Å². The van der Waals surface area contributed by atoms with Crippen LogP contribution in [0.2, 0.25) is 0 Å². The molecule has 0 aliphatic carbocycles. The fourth-order valence-electron chi connectivity index (χ4n) is 5.69. The summed E-state index contributed by atoms with van der Waals surface area (Å²) in [4.78, 5) is 29.0. The second-order valence-corrected chi connectivity index (χ2v) is 13.5. The summed E-state index contributed by atoms with van der Waals surface area (Å²) in [6, 6.07) is 26.9. The zero-order chi connectivity index (χ0) is 31.7. The van der Waals surface area contributed by atoms with E-state index in [-0.39, 0.29) is 40.7 Å². The number of rotatable bonds is 7. The molecule has 226 valence electrons. The maximum absolute atomic E-state index is 14.3. The third kappa shape index (κ3) is 5.95. The first kappa shape index (κ1) is 29.8. The average molecular weight is 619 g/mol. The number of para-hydroxylation sites is 1. The Morgan fingerprint density at radius 2 is 1.60 bits per heavy atom. The number of hydrogen-bond donors (Lipinski definition) is 0. The van der Waals surface area contributed by atoms with E-state index in [1.807, 2.05) is 74.5 Å². The summed E-state index contributed by atoms with van der Waals surface area (Å²) in [7, 11) is -3.43.